The van der Waals surface area contributed by atoms with Crippen LogP contribution in [0.15, 0.2) is 35.7 Å². The lowest BCUT2D eigenvalue weighted by Crippen LogP contribution is -2.50. The Morgan fingerprint density at radius 3 is 2.27 bits per heavy atom. The van der Waals surface area contributed by atoms with Gasteiger partial charge in [0.1, 0.15) is 0 Å². The van der Waals surface area contributed by atoms with Crippen molar-refractivity contribution in [2.75, 3.05) is 39.4 Å². The number of rotatable bonds is 2. The number of nitrogens with zero attached hydrogens (tertiary/aromatic N) is 2. The normalized spacial score (nSPS) is 16.9. The van der Waals surface area contributed by atoms with Crippen LogP contribution in [0.3, 0.4) is 0 Å². The number of hydrogen-bond donors (Lipinski definition) is 0. The van der Waals surface area contributed by atoms with Crippen LogP contribution in [0.1, 0.15) is 26.5 Å². The Morgan fingerprint density at radius 2 is 1.58 bits per heavy atom. The van der Waals surface area contributed by atoms with Crippen molar-refractivity contribution in [1.29, 1.82) is 0 Å². The minimum absolute atomic E-state index is 0.0381. The maximum absolute atomic E-state index is 12.8. The second-order valence-electron chi connectivity index (χ2n) is 6.27. The summed E-state index contributed by atoms with van der Waals surface area (Å²) in [7, 11) is 0. The zero-order chi connectivity index (χ0) is 17.9. The first-order valence-electron chi connectivity index (χ1n) is 8.74. The smallest absolute Gasteiger partial charge is 0.264 e. The van der Waals surface area contributed by atoms with E-state index in [1.54, 1.807) is 23.1 Å². The number of ether oxygens (including phenoxy) is 2. The third kappa shape index (κ3) is 3.39. The summed E-state index contributed by atoms with van der Waals surface area (Å²) in [5.41, 5.74) is 0.590. The molecule has 26 heavy (non-hydrogen) atoms. The summed E-state index contributed by atoms with van der Waals surface area (Å²) in [6, 6.07) is 9.04. The lowest BCUT2D eigenvalue weighted by molar-refractivity contribution is 0.0538. The first-order chi connectivity index (χ1) is 12.7. The molecule has 7 heteroatoms. The van der Waals surface area contributed by atoms with Crippen molar-refractivity contribution in [3.8, 4) is 11.5 Å². The van der Waals surface area contributed by atoms with E-state index in [-0.39, 0.29) is 11.8 Å². The average molecular weight is 372 g/mol. The number of carbonyl (C=O) groups excluding carboxylic acids is 2. The molecule has 1 saturated heterocycles. The minimum atomic E-state index is -0.0381. The van der Waals surface area contributed by atoms with Gasteiger partial charge in [0, 0.05) is 38.2 Å². The van der Waals surface area contributed by atoms with Crippen LogP contribution in [0.25, 0.3) is 0 Å². The highest BCUT2D eigenvalue weighted by Crippen LogP contribution is 2.31. The van der Waals surface area contributed by atoms with E-state index in [1.807, 2.05) is 22.4 Å². The van der Waals surface area contributed by atoms with Gasteiger partial charge >= 0.3 is 0 Å². The molecule has 1 aromatic heterocycles. The minimum Gasteiger partial charge on any atom is -0.490 e. The number of thiophene rings is 1. The molecule has 1 fully saturated rings. The molecule has 4 rings (SSSR count). The van der Waals surface area contributed by atoms with Crippen LogP contribution in [-0.4, -0.2) is 61.0 Å². The lowest BCUT2D eigenvalue weighted by Gasteiger charge is -2.34. The van der Waals surface area contributed by atoms with Gasteiger partial charge in [-0.25, -0.2) is 0 Å². The molecule has 0 saturated carbocycles. The predicted octanol–water partition coefficient (Wildman–Crippen LogP) is 2.51. The topological polar surface area (TPSA) is 59.1 Å². The number of hydrogen-bond acceptors (Lipinski definition) is 5. The number of fused-ring (bicyclic) bond motifs is 1. The molecule has 0 radical (unpaired) electrons. The molecular formula is C19H20N2O4S. The maximum Gasteiger partial charge on any atom is 0.264 e. The Bertz CT molecular complexity index is 798. The van der Waals surface area contributed by atoms with Crippen molar-refractivity contribution < 1.29 is 19.1 Å². The highest BCUT2D eigenvalue weighted by molar-refractivity contribution is 7.12. The fraction of sp³-hybridized carbons (Fsp3) is 0.368. The van der Waals surface area contributed by atoms with Gasteiger partial charge in [-0.3, -0.25) is 9.59 Å². The van der Waals surface area contributed by atoms with Gasteiger partial charge in [0.25, 0.3) is 11.8 Å². The first kappa shape index (κ1) is 16.9. The molecule has 2 amide bonds. The molecule has 2 aliphatic heterocycles. The molecule has 2 aliphatic rings. The summed E-state index contributed by atoms with van der Waals surface area (Å²) in [5, 5.41) is 1.90. The van der Waals surface area contributed by atoms with Crippen LogP contribution in [0.2, 0.25) is 0 Å². The zero-order valence-corrected chi connectivity index (χ0v) is 15.2. The van der Waals surface area contributed by atoms with Gasteiger partial charge in [-0.15, -0.1) is 11.3 Å². The quantitative estimate of drug-likeness (QED) is 0.813. The summed E-state index contributed by atoms with van der Waals surface area (Å²) in [5.74, 6) is 1.32. The van der Waals surface area contributed by atoms with Gasteiger partial charge in [-0.05, 0) is 29.6 Å². The van der Waals surface area contributed by atoms with E-state index < -0.39 is 0 Å². The summed E-state index contributed by atoms with van der Waals surface area (Å²) in [6.07, 6.45) is 0.832. The molecule has 0 N–H and O–H groups in total. The van der Waals surface area contributed by atoms with E-state index in [0.29, 0.717) is 56.5 Å². The number of benzene rings is 1. The second kappa shape index (κ2) is 7.37. The van der Waals surface area contributed by atoms with E-state index >= 15 is 0 Å². The molecular weight excluding hydrogens is 352 g/mol. The van der Waals surface area contributed by atoms with E-state index in [9.17, 15) is 9.59 Å². The van der Waals surface area contributed by atoms with Crippen molar-refractivity contribution in [2.45, 2.75) is 6.42 Å². The van der Waals surface area contributed by atoms with Crippen LogP contribution >= 0.6 is 11.3 Å². The van der Waals surface area contributed by atoms with Gasteiger partial charge in [-0.2, -0.15) is 0 Å². The fourth-order valence-corrected chi connectivity index (χ4v) is 3.84. The lowest BCUT2D eigenvalue weighted by atomic mass is 10.1. The fourth-order valence-electron chi connectivity index (χ4n) is 3.15. The Hall–Kier alpha value is -2.54. The Morgan fingerprint density at radius 1 is 0.885 bits per heavy atom. The molecule has 0 aliphatic carbocycles. The van der Waals surface area contributed by atoms with Crippen LogP contribution in [0, 0.1) is 0 Å². The Labute approximate surface area is 155 Å². The SMILES string of the molecule is O=C(c1ccc2c(c1)OCCCO2)N1CCN(C(=O)c2cccs2)CC1. The largest absolute Gasteiger partial charge is 0.490 e. The Balaban J connectivity index is 1.41. The number of carbonyl (C=O) groups is 2. The summed E-state index contributed by atoms with van der Waals surface area (Å²) < 4.78 is 11.3. The van der Waals surface area contributed by atoms with Crippen molar-refractivity contribution in [2.24, 2.45) is 0 Å². The highest BCUT2D eigenvalue weighted by Gasteiger charge is 2.26. The Kier molecular flexibility index (Phi) is 4.79. The predicted molar refractivity (Wildman–Crippen MR) is 98.2 cm³/mol. The van der Waals surface area contributed by atoms with Crippen LogP contribution in [0.4, 0.5) is 0 Å². The maximum atomic E-state index is 12.8. The van der Waals surface area contributed by atoms with Crippen molar-refractivity contribution in [3.05, 3.63) is 46.2 Å². The summed E-state index contributed by atoms with van der Waals surface area (Å²) >= 11 is 1.45. The van der Waals surface area contributed by atoms with Gasteiger partial charge in [0.2, 0.25) is 0 Å². The third-order valence-corrected chi connectivity index (χ3v) is 5.44. The zero-order valence-electron chi connectivity index (χ0n) is 14.3. The highest BCUT2D eigenvalue weighted by atomic mass is 32.1. The first-order valence-corrected chi connectivity index (χ1v) is 9.62. The van der Waals surface area contributed by atoms with Crippen LogP contribution < -0.4 is 9.47 Å². The third-order valence-electron chi connectivity index (χ3n) is 4.58. The summed E-state index contributed by atoms with van der Waals surface area (Å²) in [4.78, 5) is 29.5. The van der Waals surface area contributed by atoms with Crippen molar-refractivity contribution >= 4 is 23.2 Å². The van der Waals surface area contributed by atoms with E-state index in [2.05, 4.69) is 0 Å². The van der Waals surface area contributed by atoms with Crippen molar-refractivity contribution in [1.82, 2.24) is 9.80 Å². The monoisotopic (exact) mass is 372 g/mol. The molecule has 0 bridgehead atoms. The van der Waals surface area contributed by atoms with Crippen molar-refractivity contribution in [3.63, 3.8) is 0 Å². The molecule has 0 atom stereocenters. The molecule has 136 valence electrons. The molecule has 0 unspecified atom stereocenters. The molecule has 1 aromatic carbocycles. The van der Waals surface area contributed by atoms with E-state index in [1.165, 1.54) is 11.3 Å². The number of amides is 2. The molecule has 2 aromatic rings. The molecule has 6 nitrogen and oxygen atoms in total. The van der Waals surface area contributed by atoms with Gasteiger partial charge in [-0.1, -0.05) is 6.07 Å². The summed E-state index contributed by atoms with van der Waals surface area (Å²) in [6.45, 7) is 3.38. The van der Waals surface area contributed by atoms with Crippen LogP contribution in [0.5, 0.6) is 11.5 Å². The van der Waals surface area contributed by atoms with Gasteiger partial charge in [0.15, 0.2) is 11.5 Å². The average Bonchev–Trinajstić information content (AvgIpc) is 3.12. The number of piperazine rings is 1. The van der Waals surface area contributed by atoms with Gasteiger partial charge in [0.05, 0.1) is 18.1 Å². The van der Waals surface area contributed by atoms with E-state index in [0.717, 1.165) is 11.3 Å². The molecule has 0 spiro atoms. The standard InChI is InChI=1S/C19H20N2O4S/c22-18(14-4-5-15-16(13-14)25-11-2-10-24-15)20-6-8-21(9-7-20)19(23)17-3-1-12-26-17/h1,3-5,12-13H,2,6-11H2. The second-order valence-corrected chi connectivity index (χ2v) is 7.22. The van der Waals surface area contributed by atoms with Crippen LogP contribution in [-0.2, 0) is 0 Å². The van der Waals surface area contributed by atoms with Gasteiger partial charge < -0.3 is 19.3 Å². The van der Waals surface area contributed by atoms with E-state index in [4.69, 9.17) is 9.47 Å². The molecule has 3 heterocycles.